The summed E-state index contributed by atoms with van der Waals surface area (Å²) in [6.07, 6.45) is 3.87. The van der Waals surface area contributed by atoms with Gasteiger partial charge in [-0.2, -0.15) is 0 Å². The summed E-state index contributed by atoms with van der Waals surface area (Å²) in [5.74, 6) is -0.401. The third kappa shape index (κ3) is 3.91. The number of pyridine rings is 1. The summed E-state index contributed by atoms with van der Waals surface area (Å²) in [4.78, 5) is 16.1. The maximum Gasteiger partial charge on any atom is 0.310 e. The lowest BCUT2D eigenvalue weighted by atomic mass is 10.1. The lowest BCUT2D eigenvalue weighted by Crippen LogP contribution is -2.13. The molecule has 0 bridgehead atoms. The van der Waals surface area contributed by atoms with E-state index in [0.29, 0.717) is 11.6 Å². The molecule has 0 saturated heterocycles. The molecule has 0 N–H and O–H groups in total. The molecule has 1 saturated carbocycles. The number of aromatic nitrogens is 1. The second kappa shape index (κ2) is 6.55. The molecule has 2 rings (SSSR count). The fourth-order valence-electron chi connectivity index (χ4n) is 2.53. The third-order valence-electron chi connectivity index (χ3n) is 3.92. The molecule has 6 heteroatoms. The summed E-state index contributed by atoms with van der Waals surface area (Å²) in [6.45, 7) is 4.27. The number of carbonyl (C=O) groups excluding carboxylic acids is 1. The summed E-state index contributed by atoms with van der Waals surface area (Å²) in [5, 5.41) is 0.440. The Morgan fingerprint density at radius 3 is 2.81 bits per heavy atom. The normalized spacial score (nSPS) is 22.5. The largest absolute Gasteiger partial charge is 0.465 e. The number of carbonyl (C=O) groups is 1. The van der Waals surface area contributed by atoms with E-state index < -0.39 is 0 Å². The fraction of sp³-hybridized carbons (Fsp3) is 0.467. The van der Waals surface area contributed by atoms with Crippen molar-refractivity contribution >= 4 is 40.8 Å². The highest BCUT2D eigenvalue weighted by Gasteiger charge is 2.61. The Kier molecular flexibility index (Phi) is 5.18. The summed E-state index contributed by atoms with van der Waals surface area (Å²) in [7, 11) is 0. The molecule has 1 aliphatic rings. The number of rotatable bonds is 5. The minimum atomic E-state index is -0.226. The lowest BCUT2D eigenvalue weighted by molar-refractivity contribution is -0.146. The van der Waals surface area contributed by atoms with Gasteiger partial charge >= 0.3 is 5.97 Å². The molecule has 1 aromatic heterocycles. The average molecular weight is 349 g/mol. The smallest absolute Gasteiger partial charge is 0.310 e. The Morgan fingerprint density at radius 2 is 2.19 bits per heavy atom. The van der Waals surface area contributed by atoms with Gasteiger partial charge in [-0.25, -0.2) is 4.98 Å². The van der Waals surface area contributed by atoms with Crippen LogP contribution in [0.1, 0.15) is 19.4 Å². The van der Waals surface area contributed by atoms with Gasteiger partial charge in [0.05, 0.1) is 12.5 Å². The molecule has 2 atom stereocenters. The van der Waals surface area contributed by atoms with Crippen LogP contribution in [0.2, 0.25) is 5.15 Å². The van der Waals surface area contributed by atoms with Gasteiger partial charge in [0.1, 0.15) is 9.64 Å². The van der Waals surface area contributed by atoms with Crippen molar-refractivity contribution in [3.63, 3.8) is 0 Å². The summed E-state index contributed by atoms with van der Waals surface area (Å²) in [5.41, 5.74) is 0.695. The van der Waals surface area contributed by atoms with Crippen LogP contribution >= 0.6 is 34.8 Å². The highest BCUT2D eigenvalue weighted by atomic mass is 35.5. The molecule has 0 aliphatic heterocycles. The van der Waals surface area contributed by atoms with Gasteiger partial charge in [-0.05, 0) is 29.0 Å². The first-order valence-corrected chi connectivity index (χ1v) is 7.76. The van der Waals surface area contributed by atoms with Crippen LogP contribution in [-0.4, -0.2) is 17.6 Å². The molecule has 21 heavy (non-hydrogen) atoms. The number of ether oxygens (including phenoxy) is 1. The van der Waals surface area contributed by atoms with Gasteiger partial charge in [0.25, 0.3) is 0 Å². The van der Waals surface area contributed by atoms with E-state index in [1.54, 1.807) is 18.3 Å². The average Bonchev–Trinajstić information content (AvgIpc) is 2.92. The maximum absolute atomic E-state index is 12.1. The van der Waals surface area contributed by atoms with Crippen molar-refractivity contribution in [2.75, 3.05) is 6.61 Å². The minimum Gasteiger partial charge on any atom is -0.465 e. The van der Waals surface area contributed by atoms with Crippen LogP contribution in [0.5, 0.6) is 0 Å². The third-order valence-corrected chi connectivity index (χ3v) is 4.51. The zero-order chi connectivity index (χ0) is 15.6. The predicted molar refractivity (Wildman–Crippen MR) is 84.5 cm³/mol. The molecule has 1 aliphatic carbocycles. The van der Waals surface area contributed by atoms with Crippen molar-refractivity contribution in [2.45, 2.75) is 20.3 Å². The van der Waals surface area contributed by atoms with E-state index in [9.17, 15) is 4.79 Å². The first-order valence-electron chi connectivity index (χ1n) is 6.63. The van der Waals surface area contributed by atoms with E-state index in [-0.39, 0.29) is 34.3 Å². The van der Waals surface area contributed by atoms with Crippen LogP contribution in [0.4, 0.5) is 0 Å². The lowest BCUT2D eigenvalue weighted by Gasteiger charge is -2.06. The van der Waals surface area contributed by atoms with Gasteiger partial charge in [0.15, 0.2) is 0 Å². The Morgan fingerprint density at radius 1 is 1.48 bits per heavy atom. The van der Waals surface area contributed by atoms with Gasteiger partial charge in [-0.1, -0.05) is 54.7 Å². The van der Waals surface area contributed by atoms with E-state index in [0.717, 1.165) is 5.56 Å². The molecule has 0 amide bonds. The Balaban J connectivity index is 1.86. The zero-order valence-corrected chi connectivity index (χ0v) is 14.0. The second-order valence-electron chi connectivity index (χ2n) is 5.65. The topological polar surface area (TPSA) is 39.2 Å². The number of nitrogens with zero attached hydrogens (tertiary/aromatic N) is 1. The first kappa shape index (κ1) is 16.6. The molecular weight excluding hydrogens is 333 g/mol. The Labute approximate surface area is 139 Å². The van der Waals surface area contributed by atoms with Gasteiger partial charge in [0.2, 0.25) is 0 Å². The molecule has 0 radical (unpaired) electrons. The van der Waals surface area contributed by atoms with Crippen LogP contribution in [0.25, 0.3) is 0 Å². The van der Waals surface area contributed by atoms with Crippen LogP contribution in [-0.2, 0) is 16.0 Å². The predicted octanol–water partition coefficient (Wildman–Crippen LogP) is 4.41. The molecule has 0 spiro atoms. The maximum atomic E-state index is 12.1. The number of allylic oxidation sites excluding steroid dienone is 1. The van der Waals surface area contributed by atoms with E-state index in [1.807, 2.05) is 19.9 Å². The van der Waals surface area contributed by atoms with Crippen LogP contribution in [0.15, 0.2) is 28.9 Å². The zero-order valence-electron chi connectivity index (χ0n) is 11.8. The molecule has 1 fully saturated rings. The number of hydrogen-bond donors (Lipinski definition) is 0. The van der Waals surface area contributed by atoms with Crippen LogP contribution in [0, 0.1) is 17.3 Å². The Hall–Kier alpha value is -0.770. The summed E-state index contributed by atoms with van der Waals surface area (Å²) in [6, 6.07) is 3.67. The van der Waals surface area contributed by atoms with Gasteiger partial charge < -0.3 is 4.74 Å². The second-order valence-corrected chi connectivity index (χ2v) is 7.02. The highest BCUT2D eigenvalue weighted by Crippen LogP contribution is 2.60. The number of halogens is 3. The SMILES string of the molecule is CC1(C)C(C=C(Cl)Cl)C1C(=O)OCCc1cccnc1Cl. The van der Waals surface area contributed by atoms with Crippen molar-refractivity contribution in [1.82, 2.24) is 4.98 Å². The number of hydrogen-bond acceptors (Lipinski definition) is 3. The highest BCUT2D eigenvalue weighted by molar-refractivity contribution is 6.55. The fourth-order valence-corrected chi connectivity index (χ4v) is 3.02. The Bertz CT molecular complexity index is 568. The molecule has 3 nitrogen and oxygen atoms in total. The molecule has 0 aromatic carbocycles. The van der Waals surface area contributed by atoms with E-state index in [1.165, 1.54) is 0 Å². The van der Waals surface area contributed by atoms with E-state index >= 15 is 0 Å². The molecule has 1 heterocycles. The number of esters is 1. The first-order chi connectivity index (χ1) is 9.84. The molecule has 114 valence electrons. The van der Waals surface area contributed by atoms with Crippen molar-refractivity contribution in [1.29, 1.82) is 0 Å². The van der Waals surface area contributed by atoms with Gasteiger partial charge in [-0.15, -0.1) is 0 Å². The van der Waals surface area contributed by atoms with Crippen molar-refractivity contribution in [2.24, 2.45) is 17.3 Å². The van der Waals surface area contributed by atoms with Gasteiger partial charge in [-0.3, -0.25) is 4.79 Å². The van der Waals surface area contributed by atoms with E-state index in [2.05, 4.69) is 4.98 Å². The quantitative estimate of drug-likeness (QED) is 0.584. The molecule has 2 unspecified atom stereocenters. The van der Waals surface area contributed by atoms with Crippen molar-refractivity contribution in [3.05, 3.63) is 39.6 Å². The molecule has 1 aromatic rings. The standard InChI is InChI=1S/C15H16Cl3NO2/c1-15(2)10(8-11(16)17)12(15)14(20)21-7-5-9-4-3-6-19-13(9)18/h3-4,6,8,10,12H,5,7H2,1-2H3. The van der Waals surface area contributed by atoms with Crippen molar-refractivity contribution in [3.8, 4) is 0 Å². The van der Waals surface area contributed by atoms with Crippen LogP contribution in [0.3, 0.4) is 0 Å². The minimum absolute atomic E-state index is 0.0250. The summed E-state index contributed by atoms with van der Waals surface area (Å²) >= 11 is 17.3. The summed E-state index contributed by atoms with van der Waals surface area (Å²) < 4.78 is 5.52. The van der Waals surface area contributed by atoms with Gasteiger partial charge in [0, 0.05) is 12.6 Å². The monoisotopic (exact) mass is 347 g/mol. The van der Waals surface area contributed by atoms with Crippen LogP contribution < -0.4 is 0 Å². The van der Waals surface area contributed by atoms with Crippen molar-refractivity contribution < 1.29 is 9.53 Å². The van der Waals surface area contributed by atoms with E-state index in [4.69, 9.17) is 39.5 Å². The molecular formula is C15H16Cl3NO2.